The van der Waals surface area contributed by atoms with E-state index >= 15 is 0 Å². The second kappa shape index (κ2) is 6.91. The van der Waals surface area contributed by atoms with Crippen molar-refractivity contribution in [3.63, 3.8) is 0 Å². The van der Waals surface area contributed by atoms with Gasteiger partial charge in [0.1, 0.15) is 0 Å². The Kier molecular flexibility index (Phi) is 5.18. The second-order valence-corrected chi connectivity index (χ2v) is 6.55. The number of rotatable bonds is 6. The Labute approximate surface area is 130 Å². The molecule has 0 aliphatic rings. The molecule has 0 bridgehead atoms. The van der Waals surface area contributed by atoms with E-state index in [-0.39, 0.29) is 11.5 Å². The summed E-state index contributed by atoms with van der Waals surface area (Å²) in [5.74, 6) is 0. The van der Waals surface area contributed by atoms with E-state index in [1.54, 1.807) is 6.07 Å². The van der Waals surface area contributed by atoms with Crippen LogP contribution in [0, 0.1) is 0 Å². The fraction of sp³-hybridized carbons (Fsp3) is 0.250. The van der Waals surface area contributed by atoms with E-state index in [1.807, 2.05) is 37.3 Å². The maximum atomic E-state index is 11.9. The van der Waals surface area contributed by atoms with Crippen molar-refractivity contribution in [1.82, 2.24) is 0 Å². The highest BCUT2D eigenvalue weighted by molar-refractivity contribution is 7.89. The molecular weight excluding hydrogens is 300 g/mol. The third-order valence-electron chi connectivity index (χ3n) is 3.35. The minimum Gasteiger partial charge on any atom is -0.392 e. The van der Waals surface area contributed by atoms with Gasteiger partial charge in [-0.15, -0.1) is 0 Å². The van der Waals surface area contributed by atoms with Crippen LogP contribution in [0.3, 0.4) is 0 Å². The molecule has 0 radical (unpaired) electrons. The van der Waals surface area contributed by atoms with E-state index < -0.39 is 10.0 Å². The van der Waals surface area contributed by atoms with Crippen molar-refractivity contribution < 1.29 is 13.5 Å². The van der Waals surface area contributed by atoms with Crippen molar-refractivity contribution in [2.45, 2.75) is 24.8 Å². The predicted octanol–water partition coefficient (Wildman–Crippen LogP) is 1.85. The van der Waals surface area contributed by atoms with Crippen LogP contribution >= 0.6 is 0 Å². The van der Waals surface area contributed by atoms with Crippen LogP contribution in [-0.2, 0) is 23.1 Å². The third-order valence-corrected chi connectivity index (χ3v) is 4.33. The molecule has 0 saturated heterocycles. The van der Waals surface area contributed by atoms with Crippen LogP contribution in [0.2, 0.25) is 0 Å². The van der Waals surface area contributed by atoms with Crippen LogP contribution in [0.15, 0.2) is 47.4 Å². The fourth-order valence-corrected chi connectivity index (χ4v) is 3.22. The zero-order valence-electron chi connectivity index (χ0n) is 12.4. The zero-order chi connectivity index (χ0) is 16.2. The average Bonchev–Trinajstić information content (AvgIpc) is 2.49. The second-order valence-electron chi connectivity index (χ2n) is 5.02. The molecule has 0 unspecified atom stereocenters. The molecule has 4 N–H and O–H groups in total. The Hall–Kier alpha value is -1.89. The molecule has 0 heterocycles. The molecule has 0 aromatic heterocycles. The van der Waals surface area contributed by atoms with E-state index in [4.69, 9.17) is 5.14 Å². The minimum atomic E-state index is -3.88. The summed E-state index contributed by atoms with van der Waals surface area (Å²) in [7, 11) is -3.88. The molecule has 0 amide bonds. The average molecular weight is 320 g/mol. The molecule has 0 fully saturated rings. The number of aliphatic hydroxyl groups is 1. The van der Waals surface area contributed by atoms with E-state index in [2.05, 4.69) is 5.32 Å². The van der Waals surface area contributed by atoms with Gasteiger partial charge in [0.15, 0.2) is 0 Å². The minimum absolute atomic E-state index is 0.0545. The largest absolute Gasteiger partial charge is 0.392 e. The number of anilines is 1. The van der Waals surface area contributed by atoms with Gasteiger partial charge < -0.3 is 10.4 Å². The SMILES string of the molecule is CCNc1cc(CO)cc(S(N)(=O)=O)c1Cc1ccccc1. The third kappa shape index (κ3) is 3.85. The van der Waals surface area contributed by atoms with Crippen LogP contribution in [0.5, 0.6) is 0 Å². The summed E-state index contributed by atoms with van der Waals surface area (Å²) in [6.07, 6.45) is 0.445. The normalized spacial score (nSPS) is 11.4. The van der Waals surface area contributed by atoms with E-state index in [9.17, 15) is 13.5 Å². The highest BCUT2D eigenvalue weighted by Gasteiger charge is 2.19. The topological polar surface area (TPSA) is 92.4 Å². The lowest BCUT2D eigenvalue weighted by Gasteiger charge is -2.16. The van der Waals surface area contributed by atoms with E-state index in [1.165, 1.54) is 6.07 Å². The van der Waals surface area contributed by atoms with Crippen molar-refractivity contribution in [3.05, 3.63) is 59.2 Å². The lowest BCUT2D eigenvalue weighted by molar-refractivity contribution is 0.281. The molecule has 0 atom stereocenters. The van der Waals surface area contributed by atoms with Crippen LogP contribution in [0.4, 0.5) is 5.69 Å². The summed E-state index contributed by atoms with van der Waals surface area (Å²) >= 11 is 0. The summed E-state index contributed by atoms with van der Waals surface area (Å²) in [6.45, 7) is 2.32. The molecule has 0 aliphatic carbocycles. The van der Waals surface area contributed by atoms with Gasteiger partial charge in [0.05, 0.1) is 11.5 Å². The van der Waals surface area contributed by atoms with Gasteiger partial charge in [-0.2, -0.15) is 0 Å². The summed E-state index contributed by atoms with van der Waals surface area (Å²) in [5, 5.41) is 17.9. The predicted molar refractivity (Wildman–Crippen MR) is 87.1 cm³/mol. The van der Waals surface area contributed by atoms with Crippen LogP contribution in [0.1, 0.15) is 23.6 Å². The lowest BCUT2D eigenvalue weighted by atomic mass is 10.0. The molecule has 2 aromatic carbocycles. The quantitative estimate of drug-likeness (QED) is 0.757. The number of nitrogens with one attached hydrogen (secondary N) is 1. The van der Waals surface area contributed by atoms with Crippen molar-refractivity contribution in [1.29, 1.82) is 0 Å². The molecule has 0 saturated carbocycles. The molecule has 22 heavy (non-hydrogen) atoms. The number of nitrogens with two attached hydrogens (primary N) is 1. The fourth-order valence-electron chi connectivity index (χ4n) is 2.38. The summed E-state index contributed by atoms with van der Waals surface area (Å²) in [4.78, 5) is 0.0545. The lowest BCUT2D eigenvalue weighted by Crippen LogP contribution is -2.17. The smallest absolute Gasteiger partial charge is 0.238 e. The molecule has 2 rings (SSSR count). The van der Waals surface area contributed by atoms with E-state index in [0.29, 0.717) is 29.8 Å². The Morgan fingerprint density at radius 2 is 1.82 bits per heavy atom. The van der Waals surface area contributed by atoms with Gasteiger partial charge >= 0.3 is 0 Å². The number of hydrogen-bond donors (Lipinski definition) is 3. The Balaban J connectivity index is 2.61. The first kappa shape index (κ1) is 16.5. The number of benzene rings is 2. The van der Waals surface area contributed by atoms with Crippen LogP contribution < -0.4 is 10.5 Å². The van der Waals surface area contributed by atoms with Gasteiger partial charge in [-0.05, 0) is 35.7 Å². The number of hydrogen-bond acceptors (Lipinski definition) is 4. The maximum absolute atomic E-state index is 11.9. The Morgan fingerprint density at radius 1 is 1.14 bits per heavy atom. The first-order chi connectivity index (χ1) is 10.5. The molecule has 5 nitrogen and oxygen atoms in total. The number of sulfonamides is 1. The van der Waals surface area contributed by atoms with Crippen molar-refractivity contribution in [2.24, 2.45) is 5.14 Å². The Morgan fingerprint density at radius 3 is 2.36 bits per heavy atom. The molecule has 118 valence electrons. The summed E-state index contributed by atoms with van der Waals surface area (Å²) < 4.78 is 23.9. The first-order valence-corrected chi connectivity index (χ1v) is 8.57. The molecule has 0 spiro atoms. The molecule has 2 aromatic rings. The van der Waals surface area contributed by atoms with Gasteiger partial charge in [-0.3, -0.25) is 0 Å². The summed E-state index contributed by atoms with van der Waals surface area (Å²) in [5.41, 5.74) is 2.80. The van der Waals surface area contributed by atoms with Crippen molar-refractivity contribution >= 4 is 15.7 Å². The maximum Gasteiger partial charge on any atom is 0.238 e. The molecule has 6 heteroatoms. The van der Waals surface area contributed by atoms with Crippen LogP contribution in [0.25, 0.3) is 0 Å². The van der Waals surface area contributed by atoms with Gasteiger partial charge in [0, 0.05) is 18.7 Å². The zero-order valence-corrected chi connectivity index (χ0v) is 13.2. The van der Waals surface area contributed by atoms with Crippen molar-refractivity contribution in [2.75, 3.05) is 11.9 Å². The highest BCUT2D eigenvalue weighted by atomic mass is 32.2. The highest BCUT2D eigenvalue weighted by Crippen LogP contribution is 2.28. The number of aliphatic hydroxyl groups excluding tert-OH is 1. The first-order valence-electron chi connectivity index (χ1n) is 7.03. The van der Waals surface area contributed by atoms with Gasteiger partial charge in [0.2, 0.25) is 10.0 Å². The van der Waals surface area contributed by atoms with E-state index in [0.717, 1.165) is 5.56 Å². The van der Waals surface area contributed by atoms with Gasteiger partial charge in [-0.1, -0.05) is 30.3 Å². The summed E-state index contributed by atoms with van der Waals surface area (Å²) in [6, 6.07) is 12.8. The molecule has 0 aliphatic heterocycles. The van der Waals surface area contributed by atoms with Crippen molar-refractivity contribution in [3.8, 4) is 0 Å². The number of primary sulfonamides is 1. The molecular formula is C16H20N2O3S. The van der Waals surface area contributed by atoms with Gasteiger partial charge in [-0.25, -0.2) is 13.6 Å². The standard InChI is InChI=1S/C16H20N2O3S/c1-2-18-15-9-13(11-19)10-16(22(17,20)21)14(15)8-12-6-4-3-5-7-12/h3-7,9-10,18-19H,2,8,11H2,1H3,(H2,17,20,21). The monoisotopic (exact) mass is 320 g/mol. The van der Waals surface area contributed by atoms with Gasteiger partial charge in [0.25, 0.3) is 0 Å². The van der Waals surface area contributed by atoms with Crippen LogP contribution in [-0.4, -0.2) is 20.1 Å². The Bertz CT molecular complexity index is 743.